The summed E-state index contributed by atoms with van der Waals surface area (Å²) in [5, 5.41) is 0. The van der Waals surface area contributed by atoms with Gasteiger partial charge >= 0.3 is 0 Å². The molecule has 0 saturated carbocycles. The average Bonchev–Trinajstić information content (AvgIpc) is 1.88. The molecule has 0 aliphatic carbocycles. The Bertz CT molecular complexity index is 124. The van der Waals surface area contributed by atoms with Crippen molar-refractivity contribution in [2.45, 2.75) is 33.5 Å². The molecule has 0 aromatic carbocycles. The van der Waals surface area contributed by atoms with Crippen LogP contribution < -0.4 is 0 Å². The fourth-order valence-electron chi connectivity index (χ4n) is 0.839. The van der Waals surface area contributed by atoms with E-state index in [2.05, 4.69) is 6.58 Å². The molecule has 0 aliphatic heterocycles. The summed E-state index contributed by atoms with van der Waals surface area (Å²) in [5.74, 6) is -0.594. The summed E-state index contributed by atoms with van der Waals surface area (Å²) in [6, 6.07) is 0. The Morgan fingerprint density at radius 2 is 1.64 bits per heavy atom. The van der Waals surface area contributed by atoms with Crippen molar-refractivity contribution in [1.82, 2.24) is 0 Å². The predicted molar refractivity (Wildman–Crippen MR) is 46.5 cm³/mol. The molecule has 0 spiro atoms. The van der Waals surface area contributed by atoms with E-state index >= 15 is 0 Å². The van der Waals surface area contributed by atoms with Crippen LogP contribution in [0.15, 0.2) is 12.2 Å². The highest BCUT2D eigenvalue weighted by Crippen LogP contribution is 2.20. The minimum absolute atomic E-state index is 0.594. The lowest BCUT2D eigenvalue weighted by atomic mass is 10.1. The fourth-order valence-corrected chi connectivity index (χ4v) is 0.839. The molecule has 11 heavy (non-hydrogen) atoms. The van der Waals surface area contributed by atoms with E-state index in [1.165, 1.54) is 0 Å². The van der Waals surface area contributed by atoms with Gasteiger partial charge in [-0.15, -0.1) is 0 Å². The Morgan fingerprint density at radius 1 is 1.27 bits per heavy atom. The molecule has 0 heterocycles. The van der Waals surface area contributed by atoms with Gasteiger partial charge in [0.1, 0.15) is 0 Å². The van der Waals surface area contributed by atoms with Crippen LogP contribution in [0, 0.1) is 0 Å². The Hall–Kier alpha value is -0.340. The standard InChI is InChI=1S/C9H18O2/c1-6-10-9(5,8(3)4)11-7-2/h3,6-7H2,1-2,4-5H3. The number of ether oxygens (including phenoxy) is 2. The number of rotatable bonds is 5. The second-order valence-corrected chi connectivity index (χ2v) is 2.59. The highest BCUT2D eigenvalue weighted by Gasteiger charge is 2.25. The molecule has 0 fully saturated rings. The summed E-state index contributed by atoms with van der Waals surface area (Å²) in [7, 11) is 0. The third-order valence-electron chi connectivity index (χ3n) is 1.61. The lowest BCUT2D eigenvalue weighted by Gasteiger charge is -2.29. The van der Waals surface area contributed by atoms with Gasteiger partial charge in [-0.25, -0.2) is 0 Å². The highest BCUT2D eigenvalue weighted by atomic mass is 16.7. The normalized spacial score (nSPS) is 11.6. The van der Waals surface area contributed by atoms with Gasteiger partial charge < -0.3 is 9.47 Å². The van der Waals surface area contributed by atoms with Crippen molar-refractivity contribution in [2.75, 3.05) is 13.2 Å². The molecular formula is C9H18O2. The van der Waals surface area contributed by atoms with Crippen LogP contribution in [0.4, 0.5) is 0 Å². The van der Waals surface area contributed by atoms with Crippen LogP contribution in [-0.2, 0) is 9.47 Å². The van der Waals surface area contributed by atoms with Crippen molar-refractivity contribution < 1.29 is 9.47 Å². The first-order chi connectivity index (χ1) is 5.06. The zero-order chi connectivity index (χ0) is 8.91. The van der Waals surface area contributed by atoms with E-state index in [-0.39, 0.29) is 0 Å². The lowest BCUT2D eigenvalue weighted by molar-refractivity contribution is -0.193. The predicted octanol–water partition coefficient (Wildman–Crippen LogP) is 2.35. The molecule has 0 saturated heterocycles. The minimum Gasteiger partial charge on any atom is -0.347 e. The van der Waals surface area contributed by atoms with E-state index in [0.29, 0.717) is 13.2 Å². The van der Waals surface area contributed by atoms with Crippen molar-refractivity contribution in [3.8, 4) is 0 Å². The molecule has 2 heteroatoms. The quantitative estimate of drug-likeness (QED) is 0.451. The first-order valence-corrected chi connectivity index (χ1v) is 4.00. The van der Waals surface area contributed by atoms with E-state index < -0.39 is 5.79 Å². The minimum atomic E-state index is -0.594. The third-order valence-corrected chi connectivity index (χ3v) is 1.61. The van der Waals surface area contributed by atoms with Gasteiger partial charge in [-0.2, -0.15) is 0 Å². The van der Waals surface area contributed by atoms with E-state index in [1.54, 1.807) is 0 Å². The Balaban J connectivity index is 4.13. The molecule has 0 aliphatic rings. The molecule has 0 N–H and O–H groups in total. The maximum absolute atomic E-state index is 5.41. The molecule has 0 aromatic rings. The van der Waals surface area contributed by atoms with Crippen LogP contribution in [0.5, 0.6) is 0 Å². The van der Waals surface area contributed by atoms with Gasteiger partial charge in [0.25, 0.3) is 0 Å². The maximum atomic E-state index is 5.41. The van der Waals surface area contributed by atoms with Crippen LogP contribution in [-0.4, -0.2) is 19.0 Å². The summed E-state index contributed by atoms with van der Waals surface area (Å²) in [6.45, 7) is 12.8. The first-order valence-electron chi connectivity index (χ1n) is 4.00. The molecule has 0 amide bonds. The molecular weight excluding hydrogens is 140 g/mol. The van der Waals surface area contributed by atoms with Crippen molar-refractivity contribution >= 4 is 0 Å². The van der Waals surface area contributed by atoms with Gasteiger partial charge in [-0.05, 0) is 33.3 Å². The SMILES string of the molecule is C=C(C)C(C)(OCC)OCC. The second kappa shape index (κ2) is 4.52. The summed E-state index contributed by atoms with van der Waals surface area (Å²) in [5.41, 5.74) is 0.904. The third kappa shape index (κ3) is 3.04. The second-order valence-electron chi connectivity index (χ2n) is 2.59. The zero-order valence-electron chi connectivity index (χ0n) is 7.94. The Kier molecular flexibility index (Phi) is 4.38. The van der Waals surface area contributed by atoms with Crippen molar-refractivity contribution in [2.24, 2.45) is 0 Å². The molecule has 66 valence electrons. The van der Waals surface area contributed by atoms with Gasteiger partial charge in [-0.3, -0.25) is 0 Å². The van der Waals surface area contributed by atoms with Gasteiger partial charge in [0, 0.05) is 13.2 Å². The number of hydrogen-bond donors (Lipinski definition) is 0. The van der Waals surface area contributed by atoms with Crippen molar-refractivity contribution in [3.63, 3.8) is 0 Å². The van der Waals surface area contributed by atoms with Gasteiger partial charge in [-0.1, -0.05) is 6.58 Å². The number of hydrogen-bond acceptors (Lipinski definition) is 2. The van der Waals surface area contributed by atoms with Gasteiger partial charge in [0.05, 0.1) is 0 Å². The highest BCUT2D eigenvalue weighted by molar-refractivity contribution is 5.02. The molecule has 0 unspecified atom stereocenters. The Labute approximate surface area is 69.2 Å². The van der Waals surface area contributed by atoms with Crippen LogP contribution in [0.1, 0.15) is 27.7 Å². The van der Waals surface area contributed by atoms with E-state index in [0.717, 1.165) is 5.57 Å². The fraction of sp³-hybridized carbons (Fsp3) is 0.778. The smallest absolute Gasteiger partial charge is 0.187 e. The monoisotopic (exact) mass is 158 g/mol. The maximum Gasteiger partial charge on any atom is 0.187 e. The summed E-state index contributed by atoms with van der Waals surface area (Å²) in [4.78, 5) is 0. The van der Waals surface area contributed by atoms with E-state index in [1.807, 2.05) is 27.7 Å². The van der Waals surface area contributed by atoms with E-state index in [9.17, 15) is 0 Å². The largest absolute Gasteiger partial charge is 0.347 e. The molecule has 0 radical (unpaired) electrons. The summed E-state index contributed by atoms with van der Waals surface area (Å²) in [6.07, 6.45) is 0. The van der Waals surface area contributed by atoms with Crippen LogP contribution in [0.3, 0.4) is 0 Å². The van der Waals surface area contributed by atoms with Crippen molar-refractivity contribution in [3.05, 3.63) is 12.2 Å². The topological polar surface area (TPSA) is 18.5 Å². The molecule has 0 rings (SSSR count). The molecule has 0 aromatic heterocycles. The summed E-state index contributed by atoms with van der Waals surface area (Å²) < 4.78 is 10.8. The Morgan fingerprint density at radius 3 is 1.82 bits per heavy atom. The first kappa shape index (κ1) is 10.7. The molecule has 0 atom stereocenters. The van der Waals surface area contributed by atoms with Crippen LogP contribution >= 0.6 is 0 Å². The van der Waals surface area contributed by atoms with Crippen LogP contribution in [0.25, 0.3) is 0 Å². The average molecular weight is 158 g/mol. The molecule has 2 nitrogen and oxygen atoms in total. The lowest BCUT2D eigenvalue weighted by Crippen LogP contribution is -2.33. The van der Waals surface area contributed by atoms with E-state index in [4.69, 9.17) is 9.47 Å². The van der Waals surface area contributed by atoms with Crippen LogP contribution in [0.2, 0.25) is 0 Å². The van der Waals surface area contributed by atoms with Gasteiger partial charge in [0.2, 0.25) is 0 Å². The summed E-state index contributed by atoms with van der Waals surface area (Å²) >= 11 is 0. The molecule has 0 bridgehead atoms. The van der Waals surface area contributed by atoms with Gasteiger partial charge in [0.15, 0.2) is 5.79 Å². The zero-order valence-corrected chi connectivity index (χ0v) is 7.94. The van der Waals surface area contributed by atoms with Crippen molar-refractivity contribution in [1.29, 1.82) is 0 Å².